The topological polar surface area (TPSA) is 66.7 Å². The van der Waals surface area contributed by atoms with Crippen LogP contribution in [0.15, 0.2) is 29.4 Å². The molecule has 0 aliphatic heterocycles. The number of carbonyl (C=O) groups is 1. The molecule has 14 heavy (non-hydrogen) atoms. The van der Waals surface area contributed by atoms with Gasteiger partial charge in [0, 0.05) is 0 Å². The highest BCUT2D eigenvalue weighted by Crippen LogP contribution is 2.15. The molecule has 0 radical (unpaired) electrons. The predicted octanol–water partition coefficient (Wildman–Crippen LogP) is 2.35. The van der Waals surface area contributed by atoms with Gasteiger partial charge in [-0.1, -0.05) is 19.1 Å². The Hall–Kier alpha value is -1.71. The standard InChI is InChI=1S/C10H11NO3/c1-7(10(12)13)6-8-2-4-9(11-14)5-3-8/h2-5,7H,6H2,1H3,(H,12,13). The smallest absolute Gasteiger partial charge is 0.306 e. The van der Waals surface area contributed by atoms with Crippen molar-refractivity contribution < 1.29 is 9.90 Å². The molecule has 0 saturated heterocycles. The molecule has 0 amide bonds. The van der Waals surface area contributed by atoms with Crippen molar-refractivity contribution in [3.05, 3.63) is 34.7 Å². The summed E-state index contributed by atoms with van der Waals surface area (Å²) in [5.74, 6) is -1.23. The summed E-state index contributed by atoms with van der Waals surface area (Å²) in [5, 5.41) is 11.4. The molecule has 4 heteroatoms. The molecule has 0 spiro atoms. The van der Waals surface area contributed by atoms with E-state index in [4.69, 9.17) is 5.11 Å². The third-order valence-electron chi connectivity index (χ3n) is 2.01. The van der Waals surface area contributed by atoms with Gasteiger partial charge in [-0.25, -0.2) is 0 Å². The summed E-state index contributed by atoms with van der Waals surface area (Å²) in [7, 11) is 0. The molecule has 0 fully saturated rings. The minimum absolute atomic E-state index is 0.358. The van der Waals surface area contributed by atoms with Gasteiger partial charge < -0.3 is 5.11 Å². The van der Waals surface area contributed by atoms with Crippen molar-refractivity contribution >= 4 is 11.7 Å². The fourth-order valence-electron chi connectivity index (χ4n) is 1.13. The van der Waals surface area contributed by atoms with Crippen LogP contribution >= 0.6 is 0 Å². The maximum absolute atomic E-state index is 10.6. The second-order valence-electron chi connectivity index (χ2n) is 3.20. The van der Waals surface area contributed by atoms with E-state index in [-0.39, 0.29) is 0 Å². The Kier molecular flexibility index (Phi) is 3.34. The summed E-state index contributed by atoms with van der Waals surface area (Å²) in [6, 6.07) is 6.60. The third-order valence-corrected chi connectivity index (χ3v) is 2.01. The van der Waals surface area contributed by atoms with Crippen molar-refractivity contribution in [2.75, 3.05) is 0 Å². The second-order valence-corrected chi connectivity index (χ2v) is 3.20. The number of hydrogen-bond acceptors (Lipinski definition) is 3. The van der Waals surface area contributed by atoms with Gasteiger partial charge in [0.1, 0.15) is 5.69 Å². The van der Waals surface area contributed by atoms with Crippen LogP contribution in [0.4, 0.5) is 5.69 Å². The van der Waals surface area contributed by atoms with E-state index in [1.54, 1.807) is 31.2 Å². The van der Waals surface area contributed by atoms with Gasteiger partial charge in [-0.15, -0.1) is 4.91 Å². The van der Waals surface area contributed by atoms with Crippen molar-refractivity contribution in [1.82, 2.24) is 0 Å². The summed E-state index contributed by atoms with van der Waals surface area (Å²) in [6.45, 7) is 1.65. The Balaban J connectivity index is 2.68. The van der Waals surface area contributed by atoms with Gasteiger partial charge >= 0.3 is 5.97 Å². The lowest BCUT2D eigenvalue weighted by atomic mass is 10.0. The summed E-state index contributed by atoms with van der Waals surface area (Å²) in [4.78, 5) is 20.7. The molecule has 0 bridgehead atoms. The Bertz CT molecular complexity index is 332. The van der Waals surface area contributed by atoms with Crippen LogP contribution in [0.2, 0.25) is 0 Å². The number of carboxylic acids is 1. The average molecular weight is 193 g/mol. The summed E-state index contributed by atoms with van der Waals surface area (Å²) >= 11 is 0. The van der Waals surface area contributed by atoms with Crippen LogP contribution in [0.5, 0.6) is 0 Å². The predicted molar refractivity (Wildman–Crippen MR) is 52.4 cm³/mol. The number of aliphatic carboxylic acids is 1. The van der Waals surface area contributed by atoms with Crippen molar-refractivity contribution in [3.8, 4) is 0 Å². The first-order chi connectivity index (χ1) is 6.63. The molecule has 0 aliphatic rings. The molecule has 4 nitrogen and oxygen atoms in total. The minimum atomic E-state index is -0.817. The molecule has 74 valence electrons. The number of carboxylic acid groups (broad SMARTS) is 1. The van der Waals surface area contributed by atoms with Crippen LogP contribution in [-0.2, 0) is 11.2 Å². The van der Waals surface area contributed by atoms with Gasteiger partial charge in [0.2, 0.25) is 0 Å². The lowest BCUT2D eigenvalue weighted by Gasteiger charge is -2.05. The fraction of sp³-hybridized carbons (Fsp3) is 0.300. The van der Waals surface area contributed by atoms with Gasteiger partial charge in [0.25, 0.3) is 0 Å². The first-order valence-electron chi connectivity index (χ1n) is 4.28. The Morgan fingerprint density at radius 2 is 2.00 bits per heavy atom. The Labute approximate surface area is 81.5 Å². The van der Waals surface area contributed by atoms with Gasteiger partial charge in [-0.05, 0) is 29.3 Å². The summed E-state index contributed by atoms with van der Waals surface area (Å²) in [5.41, 5.74) is 1.25. The molecule has 1 atom stereocenters. The van der Waals surface area contributed by atoms with Crippen molar-refractivity contribution in [3.63, 3.8) is 0 Å². The molecule has 0 aromatic heterocycles. The van der Waals surface area contributed by atoms with Crippen LogP contribution in [0.25, 0.3) is 0 Å². The molecular weight excluding hydrogens is 182 g/mol. The van der Waals surface area contributed by atoms with Crippen molar-refractivity contribution in [2.24, 2.45) is 11.1 Å². The largest absolute Gasteiger partial charge is 0.481 e. The number of nitrogens with zero attached hydrogens (tertiary/aromatic N) is 1. The molecule has 0 aliphatic carbocycles. The van der Waals surface area contributed by atoms with E-state index in [1.165, 1.54) is 0 Å². The van der Waals surface area contributed by atoms with Gasteiger partial charge in [-0.3, -0.25) is 4.79 Å². The highest BCUT2D eigenvalue weighted by molar-refractivity contribution is 5.69. The van der Waals surface area contributed by atoms with E-state index >= 15 is 0 Å². The molecule has 1 aromatic carbocycles. The van der Waals surface area contributed by atoms with E-state index in [0.29, 0.717) is 12.1 Å². The van der Waals surface area contributed by atoms with Crippen LogP contribution in [0.3, 0.4) is 0 Å². The van der Waals surface area contributed by atoms with Crippen LogP contribution in [-0.4, -0.2) is 11.1 Å². The molecule has 1 unspecified atom stereocenters. The van der Waals surface area contributed by atoms with Crippen molar-refractivity contribution in [2.45, 2.75) is 13.3 Å². The van der Waals surface area contributed by atoms with Crippen molar-refractivity contribution in [1.29, 1.82) is 0 Å². The summed E-state index contributed by atoms with van der Waals surface area (Å²) in [6.07, 6.45) is 0.467. The lowest BCUT2D eigenvalue weighted by molar-refractivity contribution is -0.141. The van der Waals surface area contributed by atoms with E-state index in [2.05, 4.69) is 5.18 Å². The molecular formula is C10H11NO3. The highest BCUT2D eigenvalue weighted by atomic mass is 16.4. The zero-order chi connectivity index (χ0) is 10.6. The number of rotatable bonds is 4. The molecule has 0 heterocycles. The third kappa shape index (κ3) is 2.65. The quantitative estimate of drug-likeness (QED) is 0.746. The molecule has 1 aromatic rings. The maximum Gasteiger partial charge on any atom is 0.306 e. The molecule has 1 rings (SSSR count). The zero-order valence-corrected chi connectivity index (χ0v) is 7.80. The monoisotopic (exact) mass is 193 g/mol. The highest BCUT2D eigenvalue weighted by Gasteiger charge is 2.11. The Morgan fingerprint density at radius 1 is 1.43 bits per heavy atom. The van der Waals surface area contributed by atoms with E-state index in [0.717, 1.165) is 5.56 Å². The van der Waals surface area contributed by atoms with E-state index in [1.807, 2.05) is 0 Å². The average Bonchev–Trinajstić information content (AvgIpc) is 2.19. The fourth-order valence-corrected chi connectivity index (χ4v) is 1.13. The molecule has 0 saturated carbocycles. The molecule has 1 N–H and O–H groups in total. The maximum atomic E-state index is 10.6. The van der Waals surface area contributed by atoms with Crippen LogP contribution < -0.4 is 0 Å². The van der Waals surface area contributed by atoms with Gasteiger partial charge in [-0.2, -0.15) is 0 Å². The van der Waals surface area contributed by atoms with Gasteiger partial charge in [0.15, 0.2) is 0 Å². The van der Waals surface area contributed by atoms with Crippen LogP contribution in [0.1, 0.15) is 12.5 Å². The SMILES string of the molecule is CC(Cc1ccc(N=O)cc1)C(=O)O. The Morgan fingerprint density at radius 3 is 2.43 bits per heavy atom. The minimum Gasteiger partial charge on any atom is -0.481 e. The summed E-state index contributed by atoms with van der Waals surface area (Å²) < 4.78 is 0. The zero-order valence-electron chi connectivity index (χ0n) is 7.80. The first-order valence-corrected chi connectivity index (χ1v) is 4.28. The van der Waals surface area contributed by atoms with E-state index < -0.39 is 11.9 Å². The number of benzene rings is 1. The number of nitroso groups, excluding NO2 is 1. The van der Waals surface area contributed by atoms with Crippen LogP contribution in [0, 0.1) is 10.8 Å². The van der Waals surface area contributed by atoms with Gasteiger partial charge in [0.05, 0.1) is 5.92 Å². The second kappa shape index (κ2) is 4.50. The van der Waals surface area contributed by atoms with E-state index in [9.17, 15) is 9.70 Å². The number of hydrogen-bond donors (Lipinski definition) is 1. The normalized spacial score (nSPS) is 12.1. The lowest BCUT2D eigenvalue weighted by Crippen LogP contribution is -2.11. The first kappa shape index (κ1) is 10.4.